The van der Waals surface area contributed by atoms with Crippen LogP contribution in [0, 0.1) is 0 Å². The summed E-state index contributed by atoms with van der Waals surface area (Å²) in [6.07, 6.45) is 3.64. The van der Waals surface area contributed by atoms with Gasteiger partial charge in [0.25, 0.3) is 0 Å². The third kappa shape index (κ3) is 5.55. The van der Waals surface area contributed by atoms with Crippen molar-refractivity contribution in [2.45, 2.75) is 37.6 Å². The van der Waals surface area contributed by atoms with E-state index >= 15 is 0 Å². The van der Waals surface area contributed by atoms with Gasteiger partial charge >= 0.3 is 7.75 Å². The molecule has 1 saturated heterocycles. The number of ether oxygens (including phenoxy) is 1. The molecule has 13 heteroatoms. The van der Waals surface area contributed by atoms with Gasteiger partial charge in [-0.1, -0.05) is 30.3 Å². The van der Waals surface area contributed by atoms with Crippen molar-refractivity contribution < 1.29 is 23.5 Å². The van der Waals surface area contributed by atoms with Crippen LogP contribution in [0.5, 0.6) is 0 Å². The van der Waals surface area contributed by atoms with Crippen LogP contribution in [0.15, 0.2) is 43.0 Å². The molecular weight excluding hydrogens is 449 g/mol. The van der Waals surface area contributed by atoms with E-state index in [2.05, 4.69) is 25.4 Å². The Morgan fingerprint density at radius 3 is 2.88 bits per heavy atom. The summed E-state index contributed by atoms with van der Waals surface area (Å²) in [5.41, 5.74) is 7.72. The van der Waals surface area contributed by atoms with Gasteiger partial charge in [0.2, 0.25) is 5.91 Å². The Balaban J connectivity index is 1.35. The Morgan fingerprint density at radius 2 is 2.12 bits per heavy atom. The first-order valence-electron chi connectivity index (χ1n) is 10.5. The van der Waals surface area contributed by atoms with Crippen molar-refractivity contribution in [3.63, 3.8) is 0 Å². The molecule has 0 aliphatic carbocycles. The number of carbonyl (C=O) groups excluding carboxylic acids is 1. The lowest BCUT2D eigenvalue weighted by molar-refractivity contribution is -0.122. The van der Waals surface area contributed by atoms with Crippen LogP contribution < -0.4 is 16.1 Å². The van der Waals surface area contributed by atoms with Gasteiger partial charge in [-0.05, 0) is 24.8 Å². The third-order valence-corrected chi connectivity index (χ3v) is 6.52. The van der Waals surface area contributed by atoms with Crippen molar-refractivity contribution in [1.29, 1.82) is 0 Å². The first-order valence-corrected chi connectivity index (χ1v) is 12.0. The number of likely N-dealkylation sites (N-methyl/N-ethyl adjacent to an activating group) is 1. The van der Waals surface area contributed by atoms with E-state index in [0.717, 1.165) is 5.56 Å². The molecule has 1 aliphatic heterocycles. The number of nitrogens with zero attached hydrogens (tertiary/aromatic N) is 4. The van der Waals surface area contributed by atoms with Gasteiger partial charge in [0.1, 0.15) is 24.1 Å². The summed E-state index contributed by atoms with van der Waals surface area (Å²) in [4.78, 5) is 34.9. The smallest absolute Gasteiger partial charge is 0.382 e. The van der Waals surface area contributed by atoms with E-state index in [-0.39, 0.29) is 25.1 Å². The van der Waals surface area contributed by atoms with Crippen molar-refractivity contribution in [3.8, 4) is 0 Å². The number of benzene rings is 1. The fraction of sp³-hybridized carbons (Fsp3) is 0.400. The molecule has 3 aromatic rings. The number of hydrogen-bond donors (Lipinski definition) is 4. The topological polar surface area (TPSA) is 167 Å². The highest BCUT2D eigenvalue weighted by Crippen LogP contribution is 2.40. The molecule has 1 fully saturated rings. The molecule has 1 amide bonds. The predicted molar refractivity (Wildman–Crippen MR) is 120 cm³/mol. The molecule has 0 bridgehead atoms. The molecule has 4 rings (SSSR count). The number of anilines is 1. The first kappa shape index (κ1) is 23.3. The maximum absolute atomic E-state index is 12.7. The van der Waals surface area contributed by atoms with Crippen LogP contribution in [0.1, 0.15) is 24.6 Å². The Kier molecular flexibility index (Phi) is 7.01. The van der Waals surface area contributed by atoms with E-state index in [1.54, 1.807) is 10.9 Å². The van der Waals surface area contributed by atoms with Gasteiger partial charge in [-0.2, -0.15) is 0 Å². The summed E-state index contributed by atoms with van der Waals surface area (Å²) < 4.78 is 25.7. The second kappa shape index (κ2) is 9.94. The average Bonchev–Trinajstić information content (AvgIpc) is 3.45. The number of rotatable bonds is 9. The standard InChI is InChI=1S/C20H26N7O5P/c1-22-20(28)15(9-13-5-3-2-4-6-13)26-33(29,30)31-10-14-7-8-16(32-14)27-12-25-17-18(21)23-11-24-19(17)27/h2-6,11-12,14-16H,7-10H2,1H3,(H,22,28)(H2,21,23,24)(H2,26,29,30)/t14-,15-,16+/m0/s1. The Labute approximate surface area is 190 Å². The normalized spacial score (nSPS) is 21.0. The van der Waals surface area contributed by atoms with Gasteiger partial charge in [-0.3, -0.25) is 13.9 Å². The molecule has 5 N–H and O–H groups in total. The van der Waals surface area contributed by atoms with E-state index in [9.17, 15) is 14.3 Å². The Hall–Kier alpha value is -2.89. The molecule has 0 radical (unpaired) electrons. The molecule has 3 heterocycles. The number of aromatic nitrogens is 4. The second-order valence-electron chi connectivity index (χ2n) is 7.67. The number of nitrogens with one attached hydrogen (secondary N) is 2. The van der Waals surface area contributed by atoms with Crippen LogP contribution in [0.3, 0.4) is 0 Å². The highest BCUT2D eigenvalue weighted by atomic mass is 31.2. The van der Waals surface area contributed by atoms with Gasteiger partial charge in [0.15, 0.2) is 11.5 Å². The molecule has 1 aromatic carbocycles. The molecular formula is C20H26N7O5P. The molecule has 0 saturated carbocycles. The van der Waals surface area contributed by atoms with Gasteiger partial charge in [0, 0.05) is 7.05 Å². The quantitative estimate of drug-likeness (QED) is 0.330. The fourth-order valence-corrected chi connectivity index (χ4v) is 4.78. The molecule has 4 atom stereocenters. The summed E-state index contributed by atoms with van der Waals surface area (Å²) in [6.45, 7) is -0.118. The average molecular weight is 475 g/mol. The van der Waals surface area contributed by atoms with Crippen molar-refractivity contribution >= 4 is 30.6 Å². The number of hydrogen-bond acceptors (Lipinski definition) is 8. The summed E-state index contributed by atoms with van der Waals surface area (Å²) >= 11 is 0. The maximum atomic E-state index is 12.7. The predicted octanol–water partition coefficient (Wildman–Crippen LogP) is 1.15. The van der Waals surface area contributed by atoms with E-state index in [1.807, 2.05) is 30.3 Å². The molecule has 2 aromatic heterocycles. The Morgan fingerprint density at radius 1 is 1.33 bits per heavy atom. The SMILES string of the molecule is CNC(=O)[C@H](Cc1ccccc1)NP(=O)(O)OC[C@@H]1CC[C@H](n2cnc3c(N)ncnc32)O1. The minimum atomic E-state index is -4.28. The van der Waals surface area contributed by atoms with Crippen LogP contribution in [0.4, 0.5) is 5.82 Å². The number of carbonyl (C=O) groups is 1. The summed E-state index contributed by atoms with van der Waals surface area (Å²) in [5, 5.41) is 4.96. The van der Waals surface area contributed by atoms with Gasteiger partial charge < -0.3 is 20.7 Å². The van der Waals surface area contributed by atoms with E-state index < -0.39 is 25.8 Å². The zero-order valence-corrected chi connectivity index (χ0v) is 18.9. The van der Waals surface area contributed by atoms with Crippen molar-refractivity contribution in [2.75, 3.05) is 19.4 Å². The highest BCUT2D eigenvalue weighted by Gasteiger charge is 2.33. The molecule has 176 valence electrons. The molecule has 33 heavy (non-hydrogen) atoms. The van der Waals surface area contributed by atoms with E-state index in [1.165, 1.54) is 13.4 Å². The number of imidazole rings is 1. The lowest BCUT2D eigenvalue weighted by Gasteiger charge is -2.22. The van der Waals surface area contributed by atoms with Crippen molar-refractivity contribution in [2.24, 2.45) is 0 Å². The van der Waals surface area contributed by atoms with E-state index in [0.29, 0.717) is 24.0 Å². The summed E-state index contributed by atoms with van der Waals surface area (Å²) in [5.74, 6) is -0.132. The minimum Gasteiger partial charge on any atom is -0.382 e. The van der Waals surface area contributed by atoms with Gasteiger partial charge in [0.05, 0.1) is 19.0 Å². The van der Waals surface area contributed by atoms with Gasteiger partial charge in [-0.25, -0.2) is 24.6 Å². The summed E-state index contributed by atoms with van der Waals surface area (Å²) in [6, 6.07) is 8.27. The van der Waals surface area contributed by atoms with Crippen LogP contribution in [-0.4, -0.2) is 56.1 Å². The van der Waals surface area contributed by atoms with Crippen LogP contribution in [0.2, 0.25) is 0 Å². The number of nitrogens with two attached hydrogens (primary N) is 1. The van der Waals surface area contributed by atoms with Crippen molar-refractivity contribution in [1.82, 2.24) is 29.9 Å². The summed E-state index contributed by atoms with van der Waals surface area (Å²) in [7, 11) is -2.81. The molecule has 12 nitrogen and oxygen atoms in total. The minimum absolute atomic E-state index is 0.118. The van der Waals surface area contributed by atoms with Gasteiger partial charge in [-0.15, -0.1) is 0 Å². The second-order valence-corrected chi connectivity index (χ2v) is 9.23. The van der Waals surface area contributed by atoms with Crippen LogP contribution in [-0.2, 0) is 25.0 Å². The monoisotopic (exact) mass is 475 g/mol. The van der Waals surface area contributed by atoms with E-state index in [4.69, 9.17) is 15.0 Å². The first-order chi connectivity index (χ1) is 15.9. The Bertz CT molecular complexity index is 1160. The molecule has 1 unspecified atom stereocenters. The lowest BCUT2D eigenvalue weighted by atomic mass is 10.1. The zero-order valence-electron chi connectivity index (χ0n) is 18.0. The number of amides is 1. The number of nitrogen functional groups attached to an aromatic ring is 1. The highest BCUT2D eigenvalue weighted by molar-refractivity contribution is 7.50. The van der Waals surface area contributed by atoms with Crippen LogP contribution >= 0.6 is 7.75 Å². The molecule has 0 spiro atoms. The van der Waals surface area contributed by atoms with Crippen molar-refractivity contribution in [3.05, 3.63) is 48.5 Å². The number of fused-ring (bicyclic) bond motifs is 1. The molecule has 1 aliphatic rings. The zero-order chi connectivity index (χ0) is 23.4. The third-order valence-electron chi connectivity index (χ3n) is 5.38. The maximum Gasteiger partial charge on any atom is 0.403 e. The fourth-order valence-electron chi connectivity index (χ4n) is 3.73. The largest absolute Gasteiger partial charge is 0.403 e. The van der Waals surface area contributed by atoms with Crippen LogP contribution in [0.25, 0.3) is 11.2 Å². The lowest BCUT2D eigenvalue weighted by Crippen LogP contribution is -2.43.